The summed E-state index contributed by atoms with van der Waals surface area (Å²) in [7, 11) is 1.65. The summed E-state index contributed by atoms with van der Waals surface area (Å²) in [4.78, 5) is 1.02. The van der Waals surface area contributed by atoms with E-state index < -0.39 is 0 Å². The molecule has 4 heteroatoms. The van der Waals surface area contributed by atoms with Crippen LogP contribution < -0.4 is 10.2 Å². The van der Waals surface area contributed by atoms with Gasteiger partial charge in [0.2, 0.25) is 0 Å². The zero-order valence-corrected chi connectivity index (χ0v) is 9.47. The molecule has 0 saturated carbocycles. The summed E-state index contributed by atoms with van der Waals surface area (Å²) in [6, 6.07) is 7.95. The van der Waals surface area contributed by atoms with Gasteiger partial charge < -0.3 is 9.94 Å². The first-order valence-electron chi connectivity index (χ1n) is 4.73. The minimum atomic E-state index is -0.114. The predicted octanol–water partition coefficient (Wildman–Crippen LogP) is 2.95. The van der Waals surface area contributed by atoms with E-state index in [4.69, 9.17) is 9.94 Å². The highest BCUT2D eigenvalue weighted by atomic mass is 32.1. The lowest BCUT2D eigenvalue weighted by atomic mass is 10.2. The van der Waals surface area contributed by atoms with E-state index in [-0.39, 0.29) is 6.04 Å². The topological polar surface area (TPSA) is 41.5 Å². The normalized spacial score (nSPS) is 13.0. The second kappa shape index (κ2) is 4.18. The Morgan fingerprint density at radius 2 is 2.13 bits per heavy atom. The molecule has 0 radical (unpaired) electrons. The minimum absolute atomic E-state index is 0.114. The molecule has 1 atom stereocenters. The first-order chi connectivity index (χ1) is 7.27. The van der Waals surface area contributed by atoms with Crippen molar-refractivity contribution in [1.82, 2.24) is 5.48 Å². The van der Waals surface area contributed by atoms with E-state index in [9.17, 15) is 0 Å². The van der Waals surface area contributed by atoms with Gasteiger partial charge in [0.15, 0.2) is 0 Å². The smallest absolute Gasteiger partial charge is 0.142 e. The van der Waals surface area contributed by atoms with E-state index in [1.165, 1.54) is 4.70 Å². The van der Waals surface area contributed by atoms with Crippen LogP contribution in [0.25, 0.3) is 10.1 Å². The van der Waals surface area contributed by atoms with Gasteiger partial charge in [0.25, 0.3) is 0 Å². The average Bonchev–Trinajstić information content (AvgIpc) is 2.66. The number of rotatable bonds is 3. The molecule has 1 heterocycles. The number of hydrogen-bond acceptors (Lipinski definition) is 4. The molecule has 80 valence electrons. The molecule has 2 rings (SSSR count). The Bertz CT molecular complexity index is 467. The number of ether oxygens (including phenoxy) is 1. The van der Waals surface area contributed by atoms with Gasteiger partial charge in [-0.3, -0.25) is 0 Å². The Morgan fingerprint density at radius 1 is 1.40 bits per heavy atom. The lowest BCUT2D eigenvalue weighted by Gasteiger charge is -2.08. The highest BCUT2D eigenvalue weighted by molar-refractivity contribution is 7.19. The zero-order chi connectivity index (χ0) is 10.8. The molecule has 0 amide bonds. The zero-order valence-electron chi connectivity index (χ0n) is 8.65. The minimum Gasteiger partial charge on any atom is -0.495 e. The Kier molecular flexibility index (Phi) is 2.90. The summed E-state index contributed by atoms with van der Waals surface area (Å²) in [6.45, 7) is 1.90. The molecule has 0 aliphatic rings. The van der Waals surface area contributed by atoms with Crippen molar-refractivity contribution in [3.8, 4) is 5.75 Å². The number of fused-ring (bicyclic) bond motifs is 1. The van der Waals surface area contributed by atoms with Gasteiger partial charge in [-0.1, -0.05) is 12.1 Å². The summed E-state index contributed by atoms with van der Waals surface area (Å²) in [5, 5.41) is 10.0. The number of methoxy groups -OCH3 is 1. The SMILES string of the molecule is COc1c(C(C)NO)sc2ccccc12. The van der Waals surface area contributed by atoms with Crippen molar-refractivity contribution in [2.45, 2.75) is 13.0 Å². The van der Waals surface area contributed by atoms with Crippen molar-refractivity contribution in [3.63, 3.8) is 0 Å². The highest BCUT2D eigenvalue weighted by Gasteiger charge is 2.16. The summed E-state index contributed by atoms with van der Waals surface area (Å²) >= 11 is 1.63. The number of thiophene rings is 1. The molecule has 0 fully saturated rings. The molecule has 0 saturated heterocycles. The summed E-state index contributed by atoms with van der Waals surface area (Å²) in [6.07, 6.45) is 0. The summed E-state index contributed by atoms with van der Waals surface area (Å²) < 4.78 is 6.55. The maximum Gasteiger partial charge on any atom is 0.142 e. The molecule has 0 spiro atoms. The molecule has 0 bridgehead atoms. The van der Waals surface area contributed by atoms with Crippen LogP contribution in [-0.2, 0) is 0 Å². The van der Waals surface area contributed by atoms with Crippen molar-refractivity contribution >= 4 is 21.4 Å². The molecule has 2 N–H and O–H groups in total. The lowest BCUT2D eigenvalue weighted by molar-refractivity contribution is 0.133. The van der Waals surface area contributed by atoms with Gasteiger partial charge in [-0.2, -0.15) is 5.48 Å². The molecule has 2 aromatic rings. The third-order valence-corrected chi connectivity index (χ3v) is 3.70. The van der Waals surface area contributed by atoms with Crippen LogP contribution in [0.4, 0.5) is 0 Å². The van der Waals surface area contributed by atoms with Crippen LogP contribution in [0.2, 0.25) is 0 Å². The number of benzene rings is 1. The highest BCUT2D eigenvalue weighted by Crippen LogP contribution is 2.40. The number of nitrogens with one attached hydrogen (secondary N) is 1. The van der Waals surface area contributed by atoms with Gasteiger partial charge in [0.05, 0.1) is 18.0 Å². The Labute approximate surface area is 92.3 Å². The molecule has 1 aromatic carbocycles. The van der Waals surface area contributed by atoms with E-state index in [2.05, 4.69) is 11.5 Å². The van der Waals surface area contributed by atoms with Crippen LogP contribution in [0.1, 0.15) is 17.8 Å². The summed E-state index contributed by atoms with van der Waals surface area (Å²) in [5.74, 6) is 0.852. The molecule has 1 aromatic heterocycles. The standard InChI is InChI=1S/C11H13NO2S/c1-7(12-13)11-10(14-2)8-5-3-4-6-9(8)15-11/h3-7,12-13H,1-2H3. The third kappa shape index (κ3) is 1.71. The molecule has 0 aliphatic carbocycles. The molecule has 0 aliphatic heterocycles. The van der Waals surface area contributed by atoms with Crippen molar-refractivity contribution in [1.29, 1.82) is 0 Å². The van der Waals surface area contributed by atoms with Gasteiger partial charge in [-0.25, -0.2) is 0 Å². The van der Waals surface area contributed by atoms with Crippen LogP contribution in [0.15, 0.2) is 24.3 Å². The first-order valence-corrected chi connectivity index (χ1v) is 5.54. The average molecular weight is 223 g/mol. The third-order valence-electron chi connectivity index (χ3n) is 2.37. The quantitative estimate of drug-likeness (QED) is 0.786. The maximum absolute atomic E-state index is 8.93. The molecule has 3 nitrogen and oxygen atoms in total. The van der Waals surface area contributed by atoms with E-state index >= 15 is 0 Å². The van der Waals surface area contributed by atoms with E-state index in [1.54, 1.807) is 18.4 Å². The molecule has 1 unspecified atom stereocenters. The van der Waals surface area contributed by atoms with Crippen molar-refractivity contribution in [3.05, 3.63) is 29.1 Å². The molecular weight excluding hydrogens is 210 g/mol. The second-order valence-corrected chi connectivity index (χ2v) is 4.43. The van der Waals surface area contributed by atoms with E-state index in [0.717, 1.165) is 16.0 Å². The fourth-order valence-corrected chi connectivity index (χ4v) is 2.76. The van der Waals surface area contributed by atoms with E-state index in [0.29, 0.717) is 0 Å². The van der Waals surface area contributed by atoms with Gasteiger partial charge in [0.1, 0.15) is 5.75 Å². The van der Waals surface area contributed by atoms with Crippen LogP contribution in [0.5, 0.6) is 5.75 Å². The van der Waals surface area contributed by atoms with Gasteiger partial charge in [-0.05, 0) is 19.1 Å². The van der Waals surface area contributed by atoms with Gasteiger partial charge >= 0.3 is 0 Å². The van der Waals surface area contributed by atoms with Crippen LogP contribution in [-0.4, -0.2) is 12.3 Å². The van der Waals surface area contributed by atoms with Gasteiger partial charge in [0, 0.05) is 10.1 Å². The van der Waals surface area contributed by atoms with Crippen molar-refractivity contribution < 1.29 is 9.94 Å². The fourth-order valence-electron chi connectivity index (χ4n) is 1.59. The van der Waals surface area contributed by atoms with Crippen molar-refractivity contribution in [2.24, 2.45) is 0 Å². The molecule has 15 heavy (non-hydrogen) atoms. The Balaban J connectivity index is 2.63. The van der Waals surface area contributed by atoms with Crippen LogP contribution in [0, 0.1) is 0 Å². The lowest BCUT2D eigenvalue weighted by Crippen LogP contribution is -2.12. The summed E-state index contributed by atoms with van der Waals surface area (Å²) in [5.41, 5.74) is 2.25. The second-order valence-electron chi connectivity index (χ2n) is 3.35. The van der Waals surface area contributed by atoms with E-state index in [1.807, 2.05) is 25.1 Å². The number of hydrogen-bond donors (Lipinski definition) is 2. The Morgan fingerprint density at radius 3 is 2.80 bits per heavy atom. The van der Waals surface area contributed by atoms with Gasteiger partial charge in [-0.15, -0.1) is 11.3 Å². The number of hydroxylamine groups is 1. The first kappa shape index (κ1) is 10.4. The van der Waals surface area contributed by atoms with Crippen molar-refractivity contribution in [2.75, 3.05) is 7.11 Å². The van der Waals surface area contributed by atoms with Crippen LogP contribution in [0.3, 0.4) is 0 Å². The monoisotopic (exact) mass is 223 g/mol. The molecular formula is C11H13NO2S. The Hall–Kier alpha value is -1.10. The fraction of sp³-hybridized carbons (Fsp3) is 0.273. The van der Waals surface area contributed by atoms with Crippen LogP contribution >= 0.6 is 11.3 Å². The predicted molar refractivity (Wildman–Crippen MR) is 61.7 cm³/mol. The largest absolute Gasteiger partial charge is 0.495 e. The maximum atomic E-state index is 8.93.